The van der Waals surface area contributed by atoms with Gasteiger partial charge in [0, 0.05) is 12.1 Å². The molecule has 4 aromatic rings. The summed E-state index contributed by atoms with van der Waals surface area (Å²) in [6, 6.07) is 32.1. The van der Waals surface area contributed by atoms with Crippen LogP contribution in [0.2, 0.25) is 0 Å². The molecule has 3 aliphatic heterocycles. The quantitative estimate of drug-likeness (QED) is 0.230. The molecule has 0 fully saturated rings. The van der Waals surface area contributed by atoms with Crippen LogP contribution in [0.15, 0.2) is 120 Å². The van der Waals surface area contributed by atoms with Gasteiger partial charge in [0.05, 0.1) is 21.8 Å². The van der Waals surface area contributed by atoms with Crippen molar-refractivity contribution in [2.45, 2.75) is 11.2 Å². The molecule has 0 aromatic heterocycles. The fraction of sp³-hybridized carbons (Fsp3) is 0.0667. The highest BCUT2D eigenvalue weighted by molar-refractivity contribution is 6.35. The Morgan fingerprint density at radius 2 is 1.05 bits per heavy atom. The maximum Gasteiger partial charge on any atom is 0.269 e. The van der Waals surface area contributed by atoms with Crippen LogP contribution in [-0.4, -0.2) is 16.7 Å². The van der Waals surface area contributed by atoms with E-state index in [9.17, 15) is 19.7 Å². The van der Waals surface area contributed by atoms with Gasteiger partial charge in [-0.1, -0.05) is 84.9 Å². The number of ether oxygens (including phenoxy) is 1. The summed E-state index contributed by atoms with van der Waals surface area (Å²) in [6.07, 6.45) is 0. The van der Waals surface area contributed by atoms with Gasteiger partial charge in [0.25, 0.3) is 17.5 Å². The Bertz CT molecular complexity index is 1570. The number of rotatable bonds is 4. The highest BCUT2D eigenvalue weighted by Crippen LogP contribution is 2.67. The van der Waals surface area contributed by atoms with Crippen LogP contribution in [0.1, 0.15) is 22.3 Å². The molecule has 7 nitrogen and oxygen atoms in total. The number of nitro groups is 1. The van der Waals surface area contributed by atoms with Crippen molar-refractivity contribution in [3.8, 4) is 0 Å². The van der Waals surface area contributed by atoms with Crippen LogP contribution >= 0.6 is 0 Å². The van der Waals surface area contributed by atoms with Crippen LogP contribution in [0.4, 0.5) is 11.4 Å². The summed E-state index contributed by atoms with van der Waals surface area (Å²) in [7, 11) is 0. The molecule has 0 N–H and O–H groups in total. The average Bonchev–Trinajstić information content (AvgIpc) is 3.54. The molecule has 7 heteroatoms. The lowest BCUT2D eigenvalue weighted by Gasteiger charge is -2.32. The number of non-ortho nitro benzene ring substituents is 1. The zero-order chi connectivity index (χ0) is 25.4. The summed E-state index contributed by atoms with van der Waals surface area (Å²) in [5.41, 5.74) is 1.26. The van der Waals surface area contributed by atoms with E-state index in [1.807, 2.05) is 84.9 Å². The molecule has 3 heterocycles. The molecule has 0 spiro atoms. The fourth-order valence-electron chi connectivity index (χ4n) is 6.01. The van der Waals surface area contributed by atoms with E-state index in [1.54, 1.807) is 0 Å². The third-order valence-corrected chi connectivity index (χ3v) is 7.46. The number of anilines is 1. The van der Waals surface area contributed by atoms with Crippen LogP contribution in [0.25, 0.3) is 0 Å². The van der Waals surface area contributed by atoms with Crippen LogP contribution in [0.5, 0.6) is 0 Å². The predicted octanol–water partition coefficient (Wildman–Crippen LogP) is 5.00. The lowest BCUT2D eigenvalue weighted by Crippen LogP contribution is -2.41. The van der Waals surface area contributed by atoms with Crippen molar-refractivity contribution >= 4 is 23.2 Å². The molecule has 0 radical (unpaired) electrons. The molecule has 4 aromatic carbocycles. The lowest BCUT2D eigenvalue weighted by molar-refractivity contribution is -0.384. The van der Waals surface area contributed by atoms with Gasteiger partial charge in [-0.15, -0.1) is 0 Å². The van der Waals surface area contributed by atoms with Gasteiger partial charge in [0.15, 0.2) is 11.2 Å². The van der Waals surface area contributed by atoms with E-state index in [4.69, 9.17) is 4.74 Å². The molecule has 178 valence electrons. The van der Waals surface area contributed by atoms with Crippen LogP contribution in [0, 0.1) is 10.1 Å². The Hall–Kier alpha value is -4.88. The molecule has 2 bridgehead atoms. The largest absolute Gasteiger partial charge is 0.340 e. The number of carbonyl (C=O) groups excluding carboxylic acids is 2. The molecule has 37 heavy (non-hydrogen) atoms. The van der Waals surface area contributed by atoms with Gasteiger partial charge >= 0.3 is 0 Å². The molecule has 2 amide bonds. The van der Waals surface area contributed by atoms with E-state index >= 15 is 0 Å². The second-order valence-corrected chi connectivity index (χ2v) is 9.21. The van der Waals surface area contributed by atoms with Gasteiger partial charge < -0.3 is 4.74 Å². The maximum absolute atomic E-state index is 14.2. The van der Waals surface area contributed by atoms with E-state index in [2.05, 4.69) is 0 Å². The van der Waals surface area contributed by atoms with Crippen molar-refractivity contribution in [1.82, 2.24) is 0 Å². The van der Waals surface area contributed by atoms with Gasteiger partial charge in [0.1, 0.15) is 0 Å². The second-order valence-electron chi connectivity index (χ2n) is 9.21. The first kappa shape index (κ1) is 21.4. The Kier molecular flexibility index (Phi) is 4.23. The number of carbonyl (C=O) groups is 2. The second kappa shape index (κ2) is 7.32. The highest BCUT2D eigenvalue weighted by atomic mass is 16.6. The standard InChI is InChI=1S/C30H18N2O5/c33-27-25-26(28(34)31(27)21-15-17-22(18-16-21)32(35)36)30(20-11-5-2-6-12-20)24-14-8-7-13-23(24)29(25,37-30)19-9-3-1-4-10-19/h1-18H. The maximum atomic E-state index is 14.2. The third kappa shape index (κ3) is 2.53. The van der Waals surface area contributed by atoms with Crippen molar-refractivity contribution in [2.24, 2.45) is 0 Å². The van der Waals surface area contributed by atoms with Gasteiger partial charge in [-0.2, -0.15) is 0 Å². The molecular weight excluding hydrogens is 468 g/mol. The van der Waals surface area contributed by atoms with Crippen molar-refractivity contribution in [1.29, 1.82) is 0 Å². The van der Waals surface area contributed by atoms with Crippen molar-refractivity contribution in [2.75, 3.05) is 4.90 Å². The molecule has 0 saturated carbocycles. The van der Waals surface area contributed by atoms with Gasteiger partial charge in [-0.3, -0.25) is 19.7 Å². The summed E-state index contributed by atoms with van der Waals surface area (Å²) < 4.78 is 7.00. The number of amides is 2. The van der Waals surface area contributed by atoms with E-state index in [0.29, 0.717) is 0 Å². The molecule has 7 rings (SSSR count). The summed E-state index contributed by atoms with van der Waals surface area (Å²) in [4.78, 5) is 40.2. The van der Waals surface area contributed by atoms with Gasteiger partial charge in [0.2, 0.25) is 0 Å². The number of imide groups is 1. The monoisotopic (exact) mass is 486 g/mol. The molecule has 0 saturated heterocycles. The number of nitrogens with zero attached hydrogens (tertiary/aromatic N) is 2. The Labute approximate surface area is 211 Å². The zero-order valence-electron chi connectivity index (χ0n) is 19.3. The summed E-state index contributed by atoms with van der Waals surface area (Å²) in [6.45, 7) is 0. The van der Waals surface area contributed by atoms with Crippen molar-refractivity contribution < 1.29 is 19.2 Å². The summed E-state index contributed by atoms with van der Waals surface area (Å²) in [5, 5.41) is 11.2. The highest BCUT2D eigenvalue weighted by Gasteiger charge is 2.71. The number of hydrogen-bond acceptors (Lipinski definition) is 5. The minimum atomic E-state index is -1.29. The Balaban J connectivity index is 1.52. The predicted molar refractivity (Wildman–Crippen MR) is 135 cm³/mol. The average molecular weight is 486 g/mol. The first-order chi connectivity index (χ1) is 18.0. The zero-order valence-corrected chi connectivity index (χ0v) is 19.3. The molecule has 0 aliphatic carbocycles. The van der Waals surface area contributed by atoms with Crippen LogP contribution in [-0.2, 0) is 25.5 Å². The van der Waals surface area contributed by atoms with Crippen molar-refractivity contribution in [3.05, 3.63) is 153 Å². The minimum Gasteiger partial charge on any atom is -0.340 e. The molecule has 3 aliphatic rings. The first-order valence-electron chi connectivity index (χ1n) is 11.8. The van der Waals surface area contributed by atoms with E-state index in [-0.39, 0.29) is 22.5 Å². The topological polar surface area (TPSA) is 89.8 Å². The Morgan fingerprint density at radius 1 is 0.622 bits per heavy atom. The number of hydrogen-bond donors (Lipinski definition) is 0. The molecule has 2 atom stereocenters. The van der Waals surface area contributed by atoms with E-state index < -0.39 is 27.9 Å². The van der Waals surface area contributed by atoms with Crippen LogP contribution in [0.3, 0.4) is 0 Å². The summed E-state index contributed by atoms with van der Waals surface area (Å²) in [5.74, 6) is -0.991. The third-order valence-electron chi connectivity index (χ3n) is 7.46. The Morgan fingerprint density at radius 3 is 1.49 bits per heavy atom. The summed E-state index contributed by atoms with van der Waals surface area (Å²) >= 11 is 0. The van der Waals surface area contributed by atoms with Gasteiger partial charge in [-0.05, 0) is 34.4 Å². The lowest BCUT2D eigenvalue weighted by atomic mass is 9.69. The normalized spacial score (nSPS) is 23.4. The number of benzene rings is 4. The number of nitro benzene ring substituents is 1. The number of fused-ring (bicyclic) bond motifs is 7. The van der Waals surface area contributed by atoms with Crippen LogP contribution < -0.4 is 4.90 Å². The van der Waals surface area contributed by atoms with E-state index in [0.717, 1.165) is 27.2 Å². The van der Waals surface area contributed by atoms with Crippen molar-refractivity contribution in [3.63, 3.8) is 0 Å². The van der Waals surface area contributed by atoms with E-state index in [1.165, 1.54) is 24.3 Å². The van der Waals surface area contributed by atoms with Gasteiger partial charge in [-0.25, -0.2) is 4.90 Å². The molecular formula is C30H18N2O5. The fourth-order valence-corrected chi connectivity index (χ4v) is 6.01. The first-order valence-corrected chi connectivity index (χ1v) is 11.8. The minimum absolute atomic E-state index is 0.124. The SMILES string of the molecule is O=C1C2=C(C(=O)N1c1ccc([N+](=O)[O-])cc1)C1(c3ccccc3)OC2(c2ccccc2)c2ccccc21. The smallest absolute Gasteiger partial charge is 0.269 e. The molecule has 2 unspecified atom stereocenters.